The SMILES string of the molecule is CC[C@H](C)[C@@H]([C@@H](CC(=O)N1CCC[C@H]1[C@H](OC)[C@@H](C)C(=O)C[C@@H](Cc1ccccc1)C(=O)O)OC)N(C)C(=O)[C@@H](CC(=O)[C@H](C(C)C)N(C)C(=O)OCc1ccc(OC2OC[C@@H](O)[C@H](O)[C@H]2O)c(NC(=O)CCN)c1)C(C)C. The van der Waals surface area contributed by atoms with Crippen LogP contribution in [-0.2, 0) is 60.7 Å². The Labute approximate surface area is 459 Å². The van der Waals surface area contributed by atoms with Gasteiger partial charge in [0, 0.05) is 72.5 Å². The zero-order valence-electron chi connectivity index (χ0n) is 47.4. The number of likely N-dealkylation sites (N-methyl/N-ethyl adjacent to an activating group) is 2. The molecule has 2 aromatic carbocycles. The quantitative estimate of drug-likeness (QED) is 0.0630. The number of Topliss-reactive ketones (excluding diaryl/α,β-unsaturated/α-hetero) is 2. The van der Waals surface area contributed by atoms with E-state index in [1.54, 1.807) is 43.7 Å². The molecule has 21 heteroatoms. The molecule has 21 nitrogen and oxygen atoms in total. The molecule has 2 fully saturated rings. The van der Waals surface area contributed by atoms with Crippen LogP contribution < -0.4 is 15.8 Å². The number of hydrogen-bond acceptors (Lipinski definition) is 16. The molecule has 4 amide bonds. The number of carbonyl (C=O) groups is 7. The number of aliphatic carboxylic acids is 1. The third-order valence-corrected chi connectivity index (χ3v) is 15.4. The fraction of sp³-hybridized carbons (Fsp3) is 0.667. The summed E-state index contributed by atoms with van der Waals surface area (Å²) in [4.78, 5) is 101. The van der Waals surface area contributed by atoms with Gasteiger partial charge in [-0.2, -0.15) is 0 Å². The van der Waals surface area contributed by atoms with Crippen molar-refractivity contribution in [2.24, 2.45) is 41.2 Å². The van der Waals surface area contributed by atoms with Crippen molar-refractivity contribution in [3.8, 4) is 5.75 Å². The predicted octanol–water partition coefficient (Wildman–Crippen LogP) is 4.44. The summed E-state index contributed by atoms with van der Waals surface area (Å²) in [6.07, 6.45) is -6.65. The number of nitrogens with one attached hydrogen (secondary N) is 1. The monoisotopic (exact) mass is 1100 g/mol. The molecule has 0 aromatic heterocycles. The standard InChI is InChI=1S/C57H87N5O16/c1-12-34(6)50(46(74-10)29-48(67)62-24-16-19-41(62)53(75-11)35(7)42(63)27-38(55(71)72)25-36-17-14-13-15-18-36)60(8)54(70)39(32(2)3)28-43(64)49(33(4)5)61(9)57(73)77-30-37-20-21-45(40(26-37)59-47(66)22-23-58)78-56-52(69)51(68)44(65)31-76-56/h13-15,17-18,20-21,26,32-35,38-39,41,44,46,49-53,56,65,68-69H,12,16,19,22-25,27-31,58H2,1-11H3,(H,59,66)(H,71,72)/t34-,35-,38+,39-,41-,44+,46+,49-,50-,51-,52+,53+,56?/m0/s1. The number of carboxylic acids is 1. The van der Waals surface area contributed by atoms with Crippen LogP contribution in [0, 0.1) is 35.5 Å². The van der Waals surface area contributed by atoms with E-state index in [4.69, 9.17) is 29.4 Å². The largest absolute Gasteiger partial charge is 0.481 e. The number of methoxy groups -OCH3 is 2. The lowest BCUT2D eigenvalue weighted by molar-refractivity contribution is -0.241. The fourth-order valence-corrected chi connectivity index (χ4v) is 10.7. The maximum Gasteiger partial charge on any atom is 0.410 e. The highest BCUT2D eigenvalue weighted by Gasteiger charge is 2.44. The summed E-state index contributed by atoms with van der Waals surface area (Å²) in [5, 5.41) is 43.2. The normalized spacial score (nSPS) is 21.6. The lowest BCUT2D eigenvalue weighted by Crippen LogP contribution is -2.54. The Morgan fingerprint density at radius 2 is 1.53 bits per heavy atom. The number of hydrogen-bond donors (Lipinski definition) is 6. The van der Waals surface area contributed by atoms with E-state index < -0.39 is 96.6 Å². The number of rotatable bonds is 30. The number of likely N-dealkylation sites (tertiary alicyclic amines) is 1. The Balaban J connectivity index is 1.46. The van der Waals surface area contributed by atoms with Gasteiger partial charge in [0.15, 0.2) is 5.78 Å². The number of carboxylic acid groups (broad SMARTS) is 1. The molecule has 4 rings (SSSR count). The second-order valence-electron chi connectivity index (χ2n) is 21.6. The van der Waals surface area contributed by atoms with Gasteiger partial charge in [0.05, 0.1) is 55.0 Å². The summed E-state index contributed by atoms with van der Waals surface area (Å²) < 4.78 is 28.9. The molecule has 2 aromatic rings. The van der Waals surface area contributed by atoms with E-state index in [2.05, 4.69) is 5.32 Å². The number of nitrogens with zero attached hydrogens (tertiary/aromatic N) is 3. The van der Waals surface area contributed by atoms with E-state index in [1.807, 2.05) is 58.0 Å². The Morgan fingerprint density at radius 3 is 2.12 bits per heavy atom. The van der Waals surface area contributed by atoms with Crippen LogP contribution in [-0.4, -0.2) is 179 Å². The van der Waals surface area contributed by atoms with E-state index >= 15 is 0 Å². The van der Waals surface area contributed by atoms with Crippen molar-refractivity contribution in [3.05, 3.63) is 59.7 Å². The Kier molecular flexibility index (Phi) is 25.6. The molecule has 0 spiro atoms. The summed E-state index contributed by atoms with van der Waals surface area (Å²) >= 11 is 0. The van der Waals surface area contributed by atoms with Gasteiger partial charge in [-0.1, -0.05) is 91.3 Å². The molecule has 2 heterocycles. The van der Waals surface area contributed by atoms with E-state index in [0.717, 1.165) is 5.56 Å². The smallest absolute Gasteiger partial charge is 0.410 e. The zero-order valence-corrected chi connectivity index (χ0v) is 47.4. The molecular formula is C57H87N5O16. The first-order chi connectivity index (χ1) is 36.9. The summed E-state index contributed by atoms with van der Waals surface area (Å²) in [7, 11) is 6.09. The summed E-state index contributed by atoms with van der Waals surface area (Å²) in [6, 6.07) is 11.5. The highest BCUT2D eigenvalue weighted by Crippen LogP contribution is 2.34. The molecule has 1 unspecified atom stereocenters. The Morgan fingerprint density at radius 1 is 0.846 bits per heavy atom. The predicted molar refractivity (Wildman–Crippen MR) is 289 cm³/mol. The molecule has 2 aliphatic rings. The van der Waals surface area contributed by atoms with E-state index in [0.29, 0.717) is 31.4 Å². The number of aliphatic hydroxyl groups excluding tert-OH is 3. The topological polar surface area (TPSA) is 294 Å². The third kappa shape index (κ3) is 17.2. The molecule has 0 aliphatic carbocycles. The highest BCUT2D eigenvalue weighted by atomic mass is 16.7. The molecular weight excluding hydrogens is 1010 g/mol. The maximum absolute atomic E-state index is 14.8. The minimum Gasteiger partial charge on any atom is -0.481 e. The third-order valence-electron chi connectivity index (χ3n) is 15.4. The van der Waals surface area contributed by atoms with Crippen LogP contribution in [0.1, 0.15) is 105 Å². The zero-order chi connectivity index (χ0) is 58.1. The van der Waals surface area contributed by atoms with Gasteiger partial charge in [-0.05, 0) is 60.3 Å². The van der Waals surface area contributed by atoms with Crippen molar-refractivity contribution < 1.29 is 77.7 Å². The minimum absolute atomic E-state index is 0.0341. The number of amides is 4. The van der Waals surface area contributed by atoms with Crippen LogP contribution in [0.3, 0.4) is 0 Å². The van der Waals surface area contributed by atoms with Gasteiger partial charge in [-0.3, -0.25) is 28.8 Å². The van der Waals surface area contributed by atoms with Crippen molar-refractivity contribution in [2.75, 3.05) is 53.3 Å². The molecule has 7 N–H and O–H groups in total. The van der Waals surface area contributed by atoms with Crippen molar-refractivity contribution >= 4 is 47.0 Å². The van der Waals surface area contributed by atoms with Gasteiger partial charge in [0.25, 0.3) is 0 Å². The average molecular weight is 1100 g/mol. The average Bonchev–Trinajstić information content (AvgIpc) is 3.90. The van der Waals surface area contributed by atoms with E-state index in [9.17, 15) is 54.0 Å². The maximum atomic E-state index is 14.8. The van der Waals surface area contributed by atoms with Gasteiger partial charge in [0.2, 0.25) is 24.0 Å². The lowest BCUT2D eigenvalue weighted by Gasteiger charge is -2.41. The van der Waals surface area contributed by atoms with Crippen molar-refractivity contribution in [2.45, 2.75) is 161 Å². The van der Waals surface area contributed by atoms with Gasteiger partial charge in [-0.15, -0.1) is 0 Å². The summed E-state index contributed by atoms with van der Waals surface area (Å²) in [5.74, 6) is -6.04. The van der Waals surface area contributed by atoms with Crippen LogP contribution in [0.4, 0.5) is 10.5 Å². The molecule has 2 aliphatic heterocycles. The lowest BCUT2D eigenvalue weighted by atomic mass is 9.83. The number of ether oxygens (including phenoxy) is 5. The van der Waals surface area contributed by atoms with Gasteiger partial charge < -0.3 is 69.9 Å². The van der Waals surface area contributed by atoms with Crippen LogP contribution in [0.25, 0.3) is 0 Å². The van der Waals surface area contributed by atoms with Crippen LogP contribution in [0.2, 0.25) is 0 Å². The highest BCUT2D eigenvalue weighted by molar-refractivity contribution is 5.93. The molecule has 13 atom stereocenters. The number of anilines is 1. The number of carbonyl (C=O) groups excluding carboxylic acids is 6. The second kappa shape index (κ2) is 30.7. The first-order valence-electron chi connectivity index (χ1n) is 27.2. The number of benzene rings is 2. The molecule has 436 valence electrons. The number of nitrogens with two attached hydrogens (primary N) is 1. The number of ketones is 2. The van der Waals surface area contributed by atoms with Gasteiger partial charge in [0.1, 0.15) is 36.5 Å². The fourth-order valence-electron chi connectivity index (χ4n) is 10.7. The molecule has 0 bridgehead atoms. The van der Waals surface area contributed by atoms with Crippen LogP contribution in [0.5, 0.6) is 5.75 Å². The van der Waals surface area contributed by atoms with Crippen LogP contribution in [0.15, 0.2) is 48.5 Å². The summed E-state index contributed by atoms with van der Waals surface area (Å²) in [6.45, 7) is 12.8. The van der Waals surface area contributed by atoms with E-state index in [-0.39, 0.29) is 98.5 Å². The van der Waals surface area contributed by atoms with Crippen LogP contribution >= 0.6 is 0 Å². The second-order valence-corrected chi connectivity index (χ2v) is 21.6. The minimum atomic E-state index is -1.61. The van der Waals surface area contributed by atoms with Crippen molar-refractivity contribution in [1.29, 1.82) is 0 Å². The molecule has 0 saturated carbocycles. The van der Waals surface area contributed by atoms with Gasteiger partial charge in [-0.25, -0.2) is 4.79 Å². The molecule has 78 heavy (non-hydrogen) atoms. The molecule has 2 saturated heterocycles. The van der Waals surface area contributed by atoms with Crippen molar-refractivity contribution in [1.82, 2.24) is 14.7 Å². The first-order valence-corrected chi connectivity index (χ1v) is 27.2. The van der Waals surface area contributed by atoms with Crippen molar-refractivity contribution in [3.63, 3.8) is 0 Å². The van der Waals surface area contributed by atoms with Gasteiger partial charge >= 0.3 is 12.1 Å². The summed E-state index contributed by atoms with van der Waals surface area (Å²) in [5.41, 5.74) is 6.92. The Bertz CT molecular complexity index is 2300. The Hall–Kier alpha value is -5.55. The number of aliphatic hydroxyl groups is 3. The van der Waals surface area contributed by atoms with E-state index in [1.165, 1.54) is 38.3 Å². The first kappa shape index (κ1) is 65.0. The molecule has 0 radical (unpaired) electrons.